The summed E-state index contributed by atoms with van der Waals surface area (Å²) in [5.74, 6) is -0.592. The van der Waals surface area contributed by atoms with Gasteiger partial charge < -0.3 is 21.5 Å². The molecule has 5 N–H and O–H groups in total. The highest BCUT2D eigenvalue weighted by atomic mass is 16.5. The van der Waals surface area contributed by atoms with Crippen molar-refractivity contribution in [1.82, 2.24) is 5.32 Å². The average Bonchev–Trinajstić information content (AvgIpc) is 2.33. The number of primary amides is 1. The highest BCUT2D eigenvalue weighted by Crippen LogP contribution is 2.17. The molecule has 0 fully saturated rings. The number of nitrogens with two attached hydrogens (primary N) is 2. The lowest BCUT2D eigenvalue weighted by atomic mass is 10.1. The highest BCUT2D eigenvalue weighted by Gasteiger charge is 2.16. The Balaban J connectivity index is 2.76. The van der Waals surface area contributed by atoms with Crippen molar-refractivity contribution < 1.29 is 14.3 Å². The number of rotatable bonds is 6. The zero-order valence-electron chi connectivity index (χ0n) is 11.1. The van der Waals surface area contributed by atoms with E-state index in [-0.39, 0.29) is 12.5 Å². The molecule has 6 heteroatoms. The van der Waals surface area contributed by atoms with Crippen molar-refractivity contribution in [3.05, 3.63) is 29.8 Å². The van der Waals surface area contributed by atoms with Gasteiger partial charge in [-0.1, -0.05) is 12.1 Å². The SMILES string of the molecule is CC(C)(N)CNC(=O)c1ccccc1OCC(N)=O. The summed E-state index contributed by atoms with van der Waals surface area (Å²) in [6.07, 6.45) is 0. The molecule has 0 saturated heterocycles. The summed E-state index contributed by atoms with van der Waals surface area (Å²) < 4.78 is 5.19. The number of para-hydroxylation sites is 1. The lowest BCUT2D eigenvalue weighted by Gasteiger charge is -2.19. The van der Waals surface area contributed by atoms with E-state index >= 15 is 0 Å². The van der Waals surface area contributed by atoms with Gasteiger partial charge in [0.1, 0.15) is 5.75 Å². The summed E-state index contributed by atoms with van der Waals surface area (Å²) in [7, 11) is 0. The molecule has 104 valence electrons. The van der Waals surface area contributed by atoms with Crippen LogP contribution >= 0.6 is 0 Å². The van der Waals surface area contributed by atoms with Crippen LogP contribution in [0.2, 0.25) is 0 Å². The molecule has 0 bridgehead atoms. The number of amides is 2. The number of hydrogen-bond donors (Lipinski definition) is 3. The first-order chi connectivity index (χ1) is 8.79. The van der Waals surface area contributed by atoms with Gasteiger partial charge >= 0.3 is 0 Å². The molecule has 0 aromatic heterocycles. The van der Waals surface area contributed by atoms with Crippen LogP contribution in [-0.4, -0.2) is 30.5 Å². The predicted octanol–water partition coefficient (Wildman–Crippen LogP) is 0.0178. The van der Waals surface area contributed by atoms with Gasteiger partial charge in [-0.3, -0.25) is 9.59 Å². The average molecular weight is 265 g/mol. The van der Waals surface area contributed by atoms with Gasteiger partial charge in [0, 0.05) is 12.1 Å². The van der Waals surface area contributed by atoms with Crippen molar-refractivity contribution in [2.75, 3.05) is 13.2 Å². The van der Waals surface area contributed by atoms with Crippen molar-refractivity contribution in [3.8, 4) is 5.75 Å². The van der Waals surface area contributed by atoms with Gasteiger partial charge in [-0.15, -0.1) is 0 Å². The second kappa shape index (κ2) is 6.19. The smallest absolute Gasteiger partial charge is 0.255 e. The first kappa shape index (κ1) is 15.0. The minimum Gasteiger partial charge on any atom is -0.483 e. The molecule has 19 heavy (non-hydrogen) atoms. The maximum Gasteiger partial charge on any atom is 0.255 e. The summed E-state index contributed by atoms with van der Waals surface area (Å²) in [5, 5.41) is 2.71. The molecule has 0 heterocycles. The fraction of sp³-hybridized carbons (Fsp3) is 0.385. The summed E-state index contributed by atoms with van der Waals surface area (Å²) in [6.45, 7) is 3.67. The Morgan fingerprint density at radius 1 is 1.32 bits per heavy atom. The third kappa shape index (κ3) is 5.39. The second-order valence-corrected chi connectivity index (χ2v) is 4.92. The van der Waals surface area contributed by atoms with Gasteiger partial charge in [0.15, 0.2) is 6.61 Å². The van der Waals surface area contributed by atoms with Crippen LogP contribution in [0.4, 0.5) is 0 Å². The molecular formula is C13H19N3O3. The number of benzene rings is 1. The Labute approximate surface area is 112 Å². The Hall–Kier alpha value is -2.08. The molecule has 0 unspecified atom stereocenters. The van der Waals surface area contributed by atoms with Crippen LogP contribution in [0.3, 0.4) is 0 Å². The minimum absolute atomic E-state index is 0.271. The van der Waals surface area contributed by atoms with E-state index in [0.29, 0.717) is 17.9 Å². The summed E-state index contributed by atoms with van der Waals surface area (Å²) in [6, 6.07) is 6.63. The van der Waals surface area contributed by atoms with Crippen LogP contribution in [0, 0.1) is 0 Å². The zero-order chi connectivity index (χ0) is 14.5. The van der Waals surface area contributed by atoms with Gasteiger partial charge in [0.25, 0.3) is 11.8 Å². The van der Waals surface area contributed by atoms with Crippen LogP contribution in [0.5, 0.6) is 5.75 Å². The van der Waals surface area contributed by atoms with Crippen LogP contribution < -0.4 is 21.5 Å². The van der Waals surface area contributed by atoms with Gasteiger partial charge in [-0.05, 0) is 26.0 Å². The minimum atomic E-state index is -0.599. The molecular weight excluding hydrogens is 246 g/mol. The molecule has 1 aromatic rings. The number of nitrogens with one attached hydrogen (secondary N) is 1. The van der Waals surface area contributed by atoms with Crippen molar-refractivity contribution >= 4 is 11.8 Å². The molecule has 1 aromatic carbocycles. The van der Waals surface area contributed by atoms with E-state index in [1.54, 1.807) is 24.3 Å². The lowest BCUT2D eigenvalue weighted by Crippen LogP contribution is -2.45. The molecule has 6 nitrogen and oxygen atoms in total. The van der Waals surface area contributed by atoms with Crippen molar-refractivity contribution in [2.24, 2.45) is 11.5 Å². The quantitative estimate of drug-likeness (QED) is 0.673. The number of carbonyl (C=O) groups excluding carboxylic acids is 2. The Morgan fingerprint density at radius 2 is 1.95 bits per heavy atom. The fourth-order valence-electron chi connectivity index (χ4n) is 1.33. The van der Waals surface area contributed by atoms with Crippen LogP contribution in [0.1, 0.15) is 24.2 Å². The van der Waals surface area contributed by atoms with Crippen LogP contribution in [0.15, 0.2) is 24.3 Å². The maximum atomic E-state index is 12.0. The first-order valence-corrected chi connectivity index (χ1v) is 5.87. The standard InChI is InChI=1S/C13H19N3O3/c1-13(2,15)8-16-12(18)9-5-3-4-6-10(9)19-7-11(14)17/h3-6H,7-8,15H2,1-2H3,(H2,14,17)(H,16,18). The second-order valence-electron chi connectivity index (χ2n) is 4.92. The van der Waals surface area contributed by atoms with Crippen LogP contribution in [0.25, 0.3) is 0 Å². The van der Waals surface area contributed by atoms with Gasteiger partial charge in [0.2, 0.25) is 0 Å². The van der Waals surface area contributed by atoms with Gasteiger partial charge in [-0.25, -0.2) is 0 Å². The van der Waals surface area contributed by atoms with Crippen molar-refractivity contribution in [3.63, 3.8) is 0 Å². The van der Waals surface area contributed by atoms with E-state index in [0.717, 1.165) is 0 Å². The molecule has 0 radical (unpaired) electrons. The van der Waals surface area contributed by atoms with Gasteiger partial charge in [0.05, 0.1) is 5.56 Å². The molecule has 0 aliphatic rings. The fourth-order valence-corrected chi connectivity index (χ4v) is 1.33. The Morgan fingerprint density at radius 3 is 2.53 bits per heavy atom. The normalized spacial score (nSPS) is 10.9. The number of hydrogen-bond acceptors (Lipinski definition) is 4. The molecule has 0 spiro atoms. The monoisotopic (exact) mass is 265 g/mol. The molecule has 0 aliphatic carbocycles. The predicted molar refractivity (Wildman–Crippen MR) is 71.7 cm³/mol. The van der Waals surface area contributed by atoms with E-state index in [1.165, 1.54) is 0 Å². The van der Waals surface area contributed by atoms with E-state index < -0.39 is 11.4 Å². The molecule has 0 atom stereocenters. The van der Waals surface area contributed by atoms with E-state index in [9.17, 15) is 9.59 Å². The Kier molecular flexibility index (Phi) is 4.88. The van der Waals surface area contributed by atoms with Crippen molar-refractivity contribution in [1.29, 1.82) is 0 Å². The molecule has 0 aliphatic heterocycles. The largest absolute Gasteiger partial charge is 0.483 e. The highest BCUT2D eigenvalue weighted by molar-refractivity contribution is 5.97. The molecule has 2 amide bonds. The summed E-state index contributed by atoms with van der Waals surface area (Å²) >= 11 is 0. The van der Waals surface area contributed by atoms with E-state index in [2.05, 4.69) is 5.32 Å². The molecule has 1 rings (SSSR count). The molecule has 0 saturated carbocycles. The lowest BCUT2D eigenvalue weighted by molar-refractivity contribution is -0.119. The summed E-state index contributed by atoms with van der Waals surface area (Å²) in [5.41, 5.74) is 10.6. The third-order valence-corrected chi connectivity index (χ3v) is 2.21. The zero-order valence-corrected chi connectivity index (χ0v) is 11.1. The van der Waals surface area contributed by atoms with Gasteiger partial charge in [-0.2, -0.15) is 0 Å². The van der Waals surface area contributed by atoms with Crippen LogP contribution in [-0.2, 0) is 4.79 Å². The van der Waals surface area contributed by atoms with E-state index in [1.807, 2.05) is 13.8 Å². The topological polar surface area (TPSA) is 107 Å². The van der Waals surface area contributed by atoms with Crippen molar-refractivity contribution in [2.45, 2.75) is 19.4 Å². The number of carbonyl (C=O) groups is 2. The summed E-state index contributed by atoms with van der Waals surface area (Å²) in [4.78, 5) is 22.7. The third-order valence-electron chi connectivity index (χ3n) is 2.21. The maximum absolute atomic E-state index is 12.0. The first-order valence-electron chi connectivity index (χ1n) is 5.87. The Bertz CT molecular complexity index is 466. The number of ether oxygens (including phenoxy) is 1. The van der Waals surface area contributed by atoms with E-state index in [4.69, 9.17) is 16.2 Å².